The number of amides is 1. The molecule has 0 bridgehead atoms. The minimum absolute atomic E-state index is 0.0462. The maximum atomic E-state index is 11.9. The number of carbonyl (C=O) groups is 1. The van der Waals surface area contributed by atoms with Crippen LogP contribution in [-0.4, -0.2) is 16.9 Å². The number of nitrogens with one attached hydrogen (secondary N) is 2. The first-order chi connectivity index (χ1) is 9.25. The van der Waals surface area contributed by atoms with Gasteiger partial charge in [0.05, 0.1) is 6.04 Å². The molecule has 0 spiro atoms. The summed E-state index contributed by atoms with van der Waals surface area (Å²) in [7, 11) is 0. The lowest BCUT2D eigenvalue weighted by atomic mass is 10.2. The van der Waals surface area contributed by atoms with Gasteiger partial charge in [-0.2, -0.15) is 0 Å². The Labute approximate surface area is 112 Å². The molecule has 2 rings (SSSR count). The lowest BCUT2D eigenvalue weighted by Crippen LogP contribution is -2.37. The van der Waals surface area contributed by atoms with Gasteiger partial charge in [-0.05, 0) is 30.7 Å². The summed E-state index contributed by atoms with van der Waals surface area (Å²) in [5.74, 6) is -0.0462. The summed E-state index contributed by atoms with van der Waals surface area (Å²) in [5, 5.41) is 6.03. The predicted octanol–water partition coefficient (Wildman–Crippen LogP) is 2.20. The first kappa shape index (κ1) is 13.2. The van der Waals surface area contributed by atoms with Gasteiger partial charge in [-0.1, -0.05) is 24.3 Å². The maximum absolute atomic E-state index is 11.9. The molecule has 1 heterocycles. The molecule has 2 N–H and O–H groups in total. The fraction of sp³-hybridized carbons (Fsp3) is 0.200. The van der Waals surface area contributed by atoms with Crippen LogP contribution >= 0.6 is 0 Å². The maximum Gasteiger partial charge on any atom is 0.241 e. The molecular weight excluding hydrogens is 238 g/mol. The standard InChI is InChI=1S/C15H17N3O/c1-12(17-11-13-6-5-9-16-10-13)15(19)18-14-7-3-2-4-8-14/h2-10,12,17H,11H2,1H3,(H,18,19). The van der Waals surface area contributed by atoms with Gasteiger partial charge in [-0.15, -0.1) is 0 Å². The van der Waals surface area contributed by atoms with E-state index in [1.165, 1.54) is 0 Å². The lowest BCUT2D eigenvalue weighted by Gasteiger charge is -2.14. The van der Waals surface area contributed by atoms with Crippen molar-refractivity contribution in [3.63, 3.8) is 0 Å². The molecular formula is C15H17N3O. The van der Waals surface area contributed by atoms with E-state index in [0.29, 0.717) is 6.54 Å². The second-order valence-corrected chi connectivity index (χ2v) is 4.32. The van der Waals surface area contributed by atoms with Crippen molar-refractivity contribution in [3.05, 3.63) is 60.4 Å². The van der Waals surface area contributed by atoms with Crippen LogP contribution in [0, 0.1) is 0 Å². The lowest BCUT2D eigenvalue weighted by molar-refractivity contribution is -0.117. The number of pyridine rings is 1. The average molecular weight is 255 g/mol. The molecule has 1 unspecified atom stereocenters. The van der Waals surface area contributed by atoms with Crippen LogP contribution in [0.15, 0.2) is 54.9 Å². The van der Waals surface area contributed by atoms with Gasteiger partial charge in [0, 0.05) is 24.6 Å². The predicted molar refractivity (Wildman–Crippen MR) is 75.6 cm³/mol. The van der Waals surface area contributed by atoms with Gasteiger partial charge >= 0.3 is 0 Å². The number of hydrogen-bond donors (Lipinski definition) is 2. The Kier molecular flexibility index (Phi) is 4.64. The first-order valence-electron chi connectivity index (χ1n) is 6.24. The van der Waals surface area contributed by atoms with E-state index in [4.69, 9.17) is 0 Å². The summed E-state index contributed by atoms with van der Waals surface area (Å²) in [6, 6.07) is 13.0. The Hall–Kier alpha value is -2.20. The highest BCUT2D eigenvalue weighted by atomic mass is 16.2. The molecule has 1 atom stereocenters. The molecule has 0 aliphatic heterocycles. The number of carbonyl (C=O) groups excluding carboxylic acids is 1. The number of para-hydroxylation sites is 1. The van der Waals surface area contributed by atoms with Crippen LogP contribution in [-0.2, 0) is 11.3 Å². The number of rotatable bonds is 5. The van der Waals surface area contributed by atoms with Crippen molar-refractivity contribution >= 4 is 11.6 Å². The molecule has 0 aliphatic rings. The summed E-state index contributed by atoms with van der Waals surface area (Å²) in [5.41, 5.74) is 1.87. The molecule has 98 valence electrons. The minimum Gasteiger partial charge on any atom is -0.325 e. The third kappa shape index (κ3) is 4.19. The van der Waals surface area contributed by atoms with Crippen LogP contribution in [0.1, 0.15) is 12.5 Å². The monoisotopic (exact) mass is 255 g/mol. The van der Waals surface area contributed by atoms with Crippen molar-refractivity contribution in [2.75, 3.05) is 5.32 Å². The highest BCUT2D eigenvalue weighted by Crippen LogP contribution is 2.05. The second-order valence-electron chi connectivity index (χ2n) is 4.32. The van der Waals surface area contributed by atoms with Crippen molar-refractivity contribution in [1.29, 1.82) is 0 Å². The van der Waals surface area contributed by atoms with Crippen molar-refractivity contribution in [1.82, 2.24) is 10.3 Å². The van der Waals surface area contributed by atoms with Crippen LogP contribution in [0.5, 0.6) is 0 Å². The highest BCUT2D eigenvalue weighted by molar-refractivity contribution is 5.94. The number of anilines is 1. The van der Waals surface area contributed by atoms with Crippen molar-refractivity contribution < 1.29 is 4.79 Å². The zero-order chi connectivity index (χ0) is 13.5. The molecule has 0 saturated heterocycles. The third-order valence-electron chi connectivity index (χ3n) is 2.77. The molecule has 4 heteroatoms. The molecule has 0 aliphatic carbocycles. The number of benzene rings is 1. The van der Waals surface area contributed by atoms with Crippen LogP contribution in [0.3, 0.4) is 0 Å². The van der Waals surface area contributed by atoms with Crippen LogP contribution in [0.2, 0.25) is 0 Å². The van der Waals surface area contributed by atoms with Gasteiger partial charge in [0.15, 0.2) is 0 Å². The van der Waals surface area contributed by atoms with Crippen LogP contribution in [0.25, 0.3) is 0 Å². The first-order valence-corrected chi connectivity index (χ1v) is 6.24. The molecule has 1 amide bonds. The summed E-state index contributed by atoms with van der Waals surface area (Å²) in [6.45, 7) is 2.46. The summed E-state index contributed by atoms with van der Waals surface area (Å²) in [4.78, 5) is 16.0. The SMILES string of the molecule is CC(NCc1cccnc1)C(=O)Nc1ccccc1. The van der Waals surface area contributed by atoms with E-state index in [1.54, 1.807) is 12.4 Å². The van der Waals surface area contributed by atoms with E-state index in [1.807, 2.05) is 49.4 Å². The number of nitrogens with zero attached hydrogens (tertiary/aromatic N) is 1. The fourth-order valence-electron chi connectivity index (χ4n) is 1.64. The Morgan fingerprint density at radius 2 is 2.00 bits per heavy atom. The summed E-state index contributed by atoms with van der Waals surface area (Å²) >= 11 is 0. The van der Waals surface area contributed by atoms with Gasteiger partial charge < -0.3 is 10.6 Å². The zero-order valence-corrected chi connectivity index (χ0v) is 10.8. The van der Waals surface area contributed by atoms with E-state index in [-0.39, 0.29) is 11.9 Å². The van der Waals surface area contributed by atoms with Gasteiger partial charge in [-0.25, -0.2) is 0 Å². The Morgan fingerprint density at radius 1 is 1.21 bits per heavy atom. The van der Waals surface area contributed by atoms with Crippen LogP contribution < -0.4 is 10.6 Å². The Bertz CT molecular complexity index is 513. The topological polar surface area (TPSA) is 54.0 Å². The van der Waals surface area contributed by atoms with E-state index in [2.05, 4.69) is 15.6 Å². The molecule has 2 aromatic rings. The van der Waals surface area contributed by atoms with Crippen molar-refractivity contribution in [3.8, 4) is 0 Å². The fourth-order valence-corrected chi connectivity index (χ4v) is 1.64. The van der Waals surface area contributed by atoms with Crippen molar-refractivity contribution in [2.45, 2.75) is 19.5 Å². The Morgan fingerprint density at radius 3 is 2.68 bits per heavy atom. The zero-order valence-electron chi connectivity index (χ0n) is 10.8. The number of aromatic nitrogens is 1. The normalized spacial score (nSPS) is 11.8. The van der Waals surface area contributed by atoms with Gasteiger partial charge in [0.2, 0.25) is 5.91 Å². The quantitative estimate of drug-likeness (QED) is 0.861. The van der Waals surface area contributed by atoms with Gasteiger partial charge in [-0.3, -0.25) is 9.78 Å². The molecule has 0 saturated carbocycles. The second kappa shape index (κ2) is 6.66. The van der Waals surface area contributed by atoms with E-state index < -0.39 is 0 Å². The summed E-state index contributed by atoms with van der Waals surface area (Å²) < 4.78 is 0. The van der Waals surface area contributed by atoms with E-state index >= 15 is 0 Å². The summed E-state index contributed by atoms with van der Waals surface area (Å²) in [6.07, 6.45) is 3.52. The van der Waals surface area contributed by atoms with E-state index in [9.17, 15) is 4.79 Å². The highest BCUT2D eigenvalue weighted by Gasteiger charge is 2.11. The van der Waals surface area contributed by atoms with E-state index in [0.717, 1.165) is 11.3 Å². The third-order valence-corrected chi connectivity index (χ3v) is 2.77. The minimum atomic E-state index is -0.264. The average Bonchev–Trinajstić information content (AvgIpc) is 2.47. The molecule has 0 radical (unpaired) electrons. The van der Waals surface area contributed by atoms with Crippen LogP contribution in [0.4, 0.5) is 5.69 Å². The smallest absolute Gasteiger partial charge is 0.241 e. The van der Waals surface area contributed by atoms with Gasteiger partial charge in [0.1, 0.15) is 0 Å². The molecule has 0 fully saturated rings. The molecule has 1 aromatic heterocycles. The van der Waals surface area contributed by atoms with Crippen molar-refractivity contribution in [2.24, 2.45) is 0 Å². The Balaban J connectivity index is 1.83. The molecule has 4 nitrogen and oxygen atoms in total. The number of hydrogen-bond acceptors (Lipinski definition) is 3. The molecule has 19 heavy (non-hydrogen) atoms. The van der Waals surface area contributed by atoms with Gasteiger partial charge in [0.25, 0.3) is 0 Å². The largest absolute Gasteiger partial charge is 0.325 e. The molecule has 1 aromatic carbocycles.